The van der Waals surface area contributed by atoms with Crippen LogP contribution in [-0.4, -0.2) is 83.8 Å². The van der Waals surface area contributed by atoms with Crippen LogP contribution >= 0.6 is 0 Å². The molecule has 0 aromatic rings. The molecular weight excluding hydrogens is 382 g/mol. The van der Waals surface area contributed by atoms with E-state index in [-0.39, 0.29) is 48.2 Å². The number of hydrogen-bond donors (Lipinski definition) is 1. The maximum Gasteiger partial charge on any atom is 0.237 e. The lowest BCUT2D eigenvalue weighted by molar-refractivity contribution is -0.143. The Morgan fingerprint density at radius 2 is 1.33 bits per heavy atom. The van der Waals surface area contributed by atoms with Crippen LogP contribution in [0.15, 0.2) is 0 Å². The number of nitrogens with one attached hydrogen (secondary N) is 1. The molecule has 0 aromatic carbocycles. The summed E-state index contributed by atoms with van der Waals surface area (Å²) in [5.41, 5.74) is 0. The first-order valence-corrected chi connectivity index (χ1v) is 11.6. The van der Waals surface area contributed by atoms with Gasteiger partial charge in [0, 0.05) is 50.6 Å². The van der Waals surface area contributed by atoms with E-state index >= 15 is 0 Å². The predicted octanol–water partition coefficient (Wildman–Crippen LogP) is 0.730. The SMILES string of the molecule is N#C[C@@H]1CCCN1C(=O)CNC1CCC(C(=O)N2CCN(C(=O)C3CC3)CC2)CC1. The van der Waals surface area contributed by atoms with Gasteiger partial charge in [-0.3, -0.25) is 14.4 Å². The van der Waals surface area contributed by atoms with Crippen LogP contribution in [0.3, 0.4) is 0 Å². The second kappa shape index (κ2) is 9.34. The number of likely N-dealkylation sites (tertiary alicyclic amines) is 1. The highest BCUT2D eigenvalue weighted by Crippen LogP contribution is 2.32. The third kappa shape index (κ3) is 4.77. The maximum absolute atomic E-state index is 12.9. The molecule has 30 heavy (non-hydrogen) atoms. The molecule has 0 unspecified atom stereocenters. The molecule has 2 aliphatic carbocycles. The average Bonchev–Trinajstić information content (AvgIpc) is 3.53. The molecule has 2 aliphatic heterocycles. The molecule has 2 heterocycles. The van der Waals surface area contributed by atoms with E-state index < -0.39 is 0 Å². The number of piperazine rings is 1. The Morgan fingerprint density at radius 1 is 0.800 bits per heavy atom. The van der Waals surface area contributed by atoms with Crippen molar-refractivity contribution in [3.05, 3.63) is 0 Å². The Balaban J connectivity index is 1.16. The monoisotopic (exact) mass is 415 g/mol. The van der Waals surface area contributed by atoms with Crippen LogP contribution in [0.4, 0.5) is 0 Å². The molecule has 0 spiro atoms. The summed E-state index contributed by atoms with van der Waals surface area (Å²) in [6, 6.07) is 2.20. The number of rotatable bonds is 5. The Hall–Kier alpha value is -2.14. The first-order valence-electron chi connectivity index (χ1n) is 11.6. The highest BCUT2D eigenvalue weighted by Gasteiger charge is 2.37. The van der Waals surface area contributed by atoms with E-state index in [1.165, 1.54) is 0 Å². The Bertz CT molecular complexity index is 700. The quantitative estimate of drug-likeness (QED) is 0.714. The van der Waals surface area contributed by atoms with Crippen LogP contribution in [0.25, 0.3) is 0 Å². The molecule has 1 N–H and O–H groups in total. The van der Waals surface area contributed by atoms with E-state index in [2.05, 4.69) is 11.4 Å². The molecule has 0 radical (unpaired) electrons. The zero-order valence-electron chi connectivity index (χ0n) is 17.7. The van der Waals surface area contributed by atoms with E-state index in [0.717, 1.165) is 51.4 Å². The van der Waals surface area contributed by atoms with Crippen molar-refractivity contribution in [3.8, 4) is 6.07 Å². The smallest absolute Gasteiger partial charge is 0.237 e. The van der Waals surface area contributed by atoms with Gasteiger partial charge < -0.3 is 20.0 Å². The van der Waals surface area contributed by atoms with E-state index in [1.807, 2.05) is 9.80 Å². The minimum Gasteiger partial charge on any atom is -0.339 e. The van der Waals surface area contributed by atoms with Crippen molar-refractivity contribution in [1.82, 2.24) is 20.0 Å². The summed E-state index contributed by atoms with van der Waals surface area (Å²) in [5.74, 6) is 0.829. The largest absolute Gasteiger partial charge is 0.339 e. The van der Waals surface area contributed by atoms with E-state index in [4.69, 9.17) is 5.26 Å². The third-order valence-corrected chi connectivity index (χ3v) is 7.17. The van der Waals surface area contributed by atoms with Gasteiger partial charge in [-0.25, -0.2) is 0 Å². The Labute approximate surface area is 178 Å². The minimum absolute atomic E-state index is 0.0101. The van der Waals surface area contributed by atoms with Crippen LogP contribution in [0.2, 0.25) is 0 Å². The summed E-state index contributed by atoms with van der Waals surface area (Å²) in [6.07, 6.45) is 7.21. The summed E-state index contributed by atoms with van der Waals surface area (Å²) in [7, 11) is 0. The van der Waals surface area contributed by atoms with E-state index in [0.29, 0.717) is 32.7 Å². The summed E-state index contributed by atoms with van der Waals surface area (Å²) < 4.78 is 0. The van der Waals surface area contributed by atoms with Crippen LogP contribution in [0.5, 0.6) is 0 Å². The number of hydrogen-bond acceptors (Lipinski definition) is 5. The lowest BCUT2D eigenvalue weighted by Gasteiger charge is -2.38. The fraction of sp³-hybridized carbons (Fsp3) is 0.818. The zero-order chi connectivity index (χ0) is 21.1. The van der Waals surface area contributed by atoms with Gasteiger partial charge in [0.2, 0.25) is 17.7 Å². The number of amides is 3. The first kappa shape index (κ1) is 21.1. The number of nitriles is 1. The molecule has 3 amide bonds. The zero-order valence-corrected chi connectivity index (χ0v) is 17.7. The van der Waals surface area contributed by atoms with Gasteiger partial charge in [0.25, 0.3) is 0 Å². The summed E-state index contributed by atoms with van der Waals surface area (Å²) in [4.78, 5) is 43.0. The van der Waals surface area contributed by atoms with Crippen molar-refractivity contribution < 1.29 is 14.4 Å². The van der Waals surface area contributed by atoms with Gasteiger partial charge in [-0.15, -0.1) is 0 Å². The fourth-order valence-electron chi connectivity index (χ4n) is 5.07. The number of carbonyl (C=O) groups is 3. The summed E-state index contributed by atoms with van der Waals surface area (Å²) >= 11 is 0. The van der Waals surface area contributed by atoms with Crippen LogP contribution in [-0.2, 0) is 14.4 Å². The van der Waals surface area contributed by atoms with Gasteiger partial charge in [0.15, 0.2) is 0 Å². The number of nitrogens with zero attached hydrogens (tertiary/aromatic N) is 4. The van der Waals surface area contributed by atoms with Crippen LogP contribution in [0.1, 0.15) is 51.4 Å². The summed E-state index contributed by atoms with van der Waals surface area (Å²) in [6.45, 7) is 3.60. The van der Waals surface area contributed by atoms with Crippen molar-refractivity contribution in [2.24, 2.45) is 11.8 Å². The van der Waals surface area contributed by atoms with Crippen LogP contribution in [0, 0.1) is 23.2 Å². The van der Waals surface area contributed by atoms with Gasteiger partial charge in [-0.1, -0.05) is 0 Å². The fourth-order valence-corrected chi connectivity index (χ4v) is 5.07. The first-order chi connectivity index (χ1) is 14.6. The molecule has 8 heteroatoms. The lowest BCUT2D eigenvalue weighted by Crippen LogP contribution is -2.53. The second-order valence-electron chi connectivity index (χ2n) is 9.23. The number of carbonyl (C=O) groups excluding carboxylic acids is 3. The minimum atomic E-state index is -0.271. The lowest BCUT2D eigenvalue weighted by atomic mass is 9.85. The molecule has 164 valence electrons. The van der Waals surface area contributed by atoms with Gasteiger partial charge in [0.05, 0.1) is 12.6 Å². The predicted molar refractivity (Wildman–Crippen MR) is 110 cm³/mol. The van der Waals surface area contributed by atoms with Gasteiger partial charge in [-0.2, -0.15) is 5.26 Å². The Morgan fingerprint density at radius 3 is 1.83 bits per heavy atom. The molecule has 0 bridgehead atoms. The highest BCUT2D eigenvalue weighted by molar-refractivity contribution is 5.82. The topological polar surface area (TPSA) is 96.8 Å². The standard InChI is InChI=1S/C22H33N5O3/c23-14-19-2-1-9-27(19)20(28)15-24-18-7-5-17(6-8-18)22(30)26-12-10-25(11-13-26)21(29)16-3-4-16/h16-19,24H,1-13,15H2/t17?,18?,19-/m0/s1. The molecular formula is C22H33N5O3. The third-order valence-electron chi connectivity index (χ3n) is 7.17. The van der Waals surface area contributed by atoms with Crippen molar-refractivity contribution >= 4 is 17.7 Å². The maximum atomic E-state index is 12.9. The van der Waals surface area contributed by atoms with Crippen molar-refractivity contribution in [1.29, 1.82) is 5.26 Å². The molecule has 8 nitrogen and oxygen atoms in total. The van der Waals surface area contributed by atoms with Gasteiger partial charge in [0.1, 0.15) is 6.04 Å². The second-order valence-corrected chi connectivity index (χ2v) is 9.23. The van der Waals surface area contributed by atoms with Crippen LogP contribution < -0.4 is 5.32 Å². The molecule has 2 saturated heterocycles. The van der Waals surface area contributed by atoms with Crippen molar-refractivity contribution in [2.75, 3.05) is 39.3 Å². The molecule has 4 rings (SSSR count). The van der Waals surface area contributed by atoms with E-state index in [9.17, 15) is 14.4 Å². The molecule has 1 atom stereocenters. The normalized spacial score (nSPS) is 29.6. The molecule has 0 aromatic heterocycles. The Kier molecular flexibility index (Phi) is 6.57. The highest BCUT2D eigenvalue weighted by atomic mass is 16.2. The van der Waals surface area contributed by atoms with Gasteiger partial charge >= 0.3 is 0 Å². The van der Waals surface area contributed by atoms with Crippen molar-refractivity contribution in [3.63, 3.8) is 0 Å². The average molecular weight is 416 g/mol. The summed E-state index contributed by atoms with van der Waals surface area (Å²) in [5, 5.41) is 12.5. The van der Waals surface area contributed by atoms with Crippen molar-refractivity contribution in [2.45, 2.75) is 63.5 Å². The van der Waals surface area contributed by atoms with Gasteiger partial charge in [-0.05, 0) is 51.4 Å². The van der Waals surface area contributed by atoms with E-state index in [1.54, 1.807) is 4.90 Å². The molecule has 4 fully saturated rings. The molecule has 2 saturated carbocycles. The molecule has 4 aliphatic rings.